The van der Waals surface area contributed by atoms with Crippen LogP contribution in [-0.4, -0.2) is 10.3 Å². The maximum absolute atomic E-state index is 13.9. The van der Waals surface area contributed by atoms with E-state index in [2.05, 4.69) is 31.5 Å². The third-order valence-corrected chi connectivity index (χ3v) is 3.83. The quantitative estimate of drug-likeness (QED) is 0.768. The van der Waals surface area contributed by atoms with Gasteiger partial charge in [0.15, 0.2) is 0 Å². The zero-order valence-corrected chi connectivity index (χ0v) is 11.4. The Hall–Kier alpha value is -0.960. The Morgan fingerprint density at radius 2 is 2.12 bits per heavy atom. The van der Waals surface area contributed by atoms with Crippen LogP contribution in [0.3, 0.4) is 0 Å². The molecule has 0 fully saturated rings. The second-order valence-corrected chi connectivity index (χ2v) is 5.70. The van der Waals surface area contributed by atoms with Gasteiger partial charge in [-0.3, -0.25) is 0 Å². The molecule has 0 atom stereocenters. The van der Waals surface area contributed by atoms with E-state index in [1.165, 1.54) is 0 Å². The first kappa shape index (κ1) is 12.5. The van der Waals surface area contributed by atoms with Crippen molar-refractivity contribution < 1.29 is 4.39 Å². The molecule has 0 radical (unpaired) electrons. The van der Waals surface area contributed by atoms with Crippen LogP contribution in [0.25, 0.3) is 10.9 Å². The Morgan fingerprint density at radius 1 is 1.35 bits per heavy atom. The topological polar surface area (TPSA) is 4.93 Å². The number of thioether (sulfide) groups is 1. The first-order valence-electron chi connectivity index (χ1n) is 6.00. The summed E-state index contributed by atoms with van der Waals surface area (Å²) < 4.78 is 16.1. The molecule has 2 aromatic rings. The molecule has 0 spiro atoms. The first-order valence-corrected chi connectivity index (χ1v) is 7.16. The normalized spacial score (nSPS) is 11.6. The molecule has 1 aromatic carbocycles. The Labute approximate surface area is 106 Å². The summed E-state index contributed by atoms with van der Waals surface area (Å²) in [5, 5.41) is 0.794. The molecule has 0 saturated heterocycles. The predicted octanol–water partition coefficient (Wildman–Crippen LogP) is 4.61. The highest BCUT2D eigenvalue weighted by Crippen LogP contribution is 2.29. The van der Waals surface area contributed by atoms with E-state index >= 15 is 0 Å². The highest BCUT2D eigenvalue weighted by molar-refractivity contribution is 7.98. The molecule has 1 heterocycles. The number of aromatic nitrogens is 1. The number of hydrogen-bond acceptors (Lipinski definition) is 1. The predicted molar refractivity (Wildman–Crippen MR) is 74.1 cm³/mol. The fourth-order valence-electron chi connectivity index (χ4n) is 2.10. The van der Waals surface area contributed by atoms with Crippen molar-refractivity contribution in [3.05, 3.63) is 35.8 Å². The van der Waals surface area contributed by atoms with E-state index in [0.717, 1.165) is 28.0 Å². The lowest BCUT2D eigenvalue weighted by molar-refractivity contribution is 0.619. The van der Waals surface area contributed by atoms with Crippen LogP contribution in [-0.2, 0) is 5.75 Å². The number of rotatable bonds is 4. The van der Waals surface area contributed by atoms with Gasteiger partial charge in [0.2, 0.25) is 0 Å². The maximum atomic E-state index is 13.9. The van der Waals surface area contributed by atoms with Gasteiger partial charge in [0.1, 0.15) is 5.82 Å². The van der Waals surface area contributed by atoms with Gasteiger partial charge in [-0.2, -0.15) is 11.8 Å². The van der Waals surface area contributed by atoms with E-state index < -0.39 is 0 Å². The third kappa shape index (κ3) is 2.34. The second kappa shape index (κ2) is 5.13. The number of halogens is 1. The van der Waals surface area contributed by atoms with Gasteiger partial charge in [-0.1, -0.05) is 13.0 Å². The zero-order chi connectivity index (χ0) is 12.4. The van der Waals surface area contributed by atoms with Gasteiger partial charge in [0.05, 0.1) is 5.52 Å². The minimum Gasteiger partial charge on any atom is -0.345 e. The summed E-state index contributed by atoms with van der Waals surface area (Å²) in [4.78, 5) is 0. The molecule has 1 aromatic heterocycles. The molecular weight excluding hydrogens is 233 g/mol. The third-order valence-electron chi connectivity index (χ3n) is 2.90. The summed E-state index contributed by atoms with van der Waals surface area (Å²) in [6, 6.07) is 5.69. The molecule has 0 bridgehead atoms. The second-order valence-electron chi connectivity index (χ2n) is 4.43. The minimum absolute atomic E-state index is 0.103. The lowest BCUT2D eigenvalue weighted by Crippen LogP contribution is -1.97. The fraction of sp³-hybridized carbons (Fsp3) is 0.429. The summed E-state index contributed by atoms with van der Waals surface area (Å²) in [5.41, 5.74) is 2.12. The van der Waals surface area contributed by atoms with E-state index in [1.54, 1.807) is 12.1 Å². The van der Waals surface area contributed by atoms with Crippen LogP contribution in [0.4, 0.5) is 4.39 Å². The van der Waals surface area contributed by atoms with Crippen LogP contribution in [0.15, 0.2) is 24.4 Å². The van der Waals surface area contributed by atoms with Crippen molar-refractivity contribution in [3.8, 4) is 0 Å². The number of nitrogens with zero attached hydrogens (tertiary/aromatic N) is 1. The summed E-state index contributed by atoms with van der Waals surface area (Å²) in [6.45, 7) is 6.38. The molecule has 0 N–H and O–H groups in total. The van der Waals surface area contributed by atoms with Crippen molar-refractivity contribution >= 4 is 22.7 Å². The molecule has 2 rings (SSSR count). The van der Waals surface area contributed by atoms with Gasteiger partial charge < -0.3 is 4.57 Å². The smallest absolute Gasteiger partial charge is 0.132 e. The molecule has 0 amide bonds. The molecular formula is C14H18FNS. The maximum Gasteiger partial charge on any atom is 0.132 e. The molecule has 0 aliphatic carbocycles. The van der Waals surface area contributed by atoms with E-state index in [-0.39, 0.29) is 5.82 Å². The Balaban J connectivity index is 2.59. The van der Waals surface area contributed by atoms with Crippen molar-refractivity contribution in [1.29, 1.82) is 0 Å². The summed E-state index contributed by atoms with van der Waals surface area (Å²) in [5.74, 6) is 1.84. The van der Waals surface area contributed by atoms with Crippen LogP contribution in [0.2, 0.25) is 0 Å². The molecule has 17 heavy (non-hydrogen) atoms. The lowest BCUT2D eigenvalue weighted by atomic mass is 10.2. The van der Waals surface area contributed by atoms with E-state index in [9.17, 15) is 4.39 Å². The molecule has 0 aliphatic rings. The van der Waals surface area contributed by atoms with Crippen molar-refractivity contribution in [2.45, 2.75) is 32.6 Å². The van der Waals surface area contributed by atoms with Gasteiger partial charge in [0, 0.05) is 23.4 Å². The van der Waals surface area contributed by atoms with E-state index in [1.807, 2.05) is 17.8 Å². The van der Waals surface area contributed by atoms with Gasteiger partial charge >= 0.3 is 0 Å². The van der Waals surface area contributed by atoms with Gasteiger partial charge in [-0.25, -0.2) is 4.39 Å². The van der Waals surface area contributed by atoms with Crippen LogP contribution in [0.1, 0.15) is 32.4 Å². The highest BCUT2D eigenvalue weighted by Gasteiger charge is 2.13. The molecule has 3 heteroatoms. The number of benzene rings is 1. The number of fused-ring (bicyclic) bond motifs is 1. The Morgan fingerprint density at radius 3 is 2.76 bits per heavy atom. The average molecular weight is 251 g/mol. The van der Waals surface area contributed by atoms with Gasteiger partial charge in [-0.05, 0) is 37.3 Å². The van der Waals surface area contributed by atoms with Crippen LogP contribution in [0, 0.1) is 5.82 Å². The Bertz CT molecular complexity index is 516. The minimum atomic E-state index is -0.103. The Kier molecular flexibility index (Phi) is 3.77. The monoisotopic (exact) mass is 251 g/mol. The van der Waals surface area contributed by atoms with Crippen molar-refractivity contribution in [2.24, 2.45) is 0 Å². The molecule has 1 nitrogen and oxygen atoms in total. The molecule has 0 unspecified atom stereocenters. The van der Waals surface area contributed by atoms with Crippen LogP contribution in [0.5, 0.6) is 0 Å². The molecule has 0 saturated carbocycles. The fourth-order valence-corrected chi connectivity index (χ4v) is 2.74. The first-order chi connectivity index (χ1) is 8.15. The largest absolute Gasteiger partial charge is 0.345 e. The summed E-state index contributed by atoms with van der Waals surface area (Å²) >= 11 is 1.83. The van der Waals surface area contributed by atoms with Crippen molar-refractivity contribution in [3.63, 3.8) is 0 Å². The SMILES string of the molecule is CCSCc1cn(C(C)C)c2cccc(F)c12. The number of hydrogen-bond donors (Lipinski definition) is 0. The summed E-state index contributed by atoms with van der Waals surface area (Å²) in [7, 11) is 0. The van der Waals surface area contributed by atoms with Crippen molar-refractivity contribution in [2.75, 3.05) is 5.75 Å². The molecule has 0 aliphatic heterocycles. The van der Waals surface area contributed by atoms with Crippen LogP contribution >= 0.6 is 11.8 Å². The average Bonchev–Trinajstić information content (AvgIpc) is 2.67. The van der Waals surface area contributed by atoms with E-state index in [4.69, 9.17) is 0 Å². The van der Waals surface area contributed by atoms with Gasteiger partial charge in [0.25, 0.3) is 0 Å². The lowest BCUT2D eigenvalue weighted by Gasteiger charge is -2.08. The highest BCUT2D eigenvalue weighted by atomic mass is 32.2. The standard InChI is InChI=1S/C14H18FNS/c1-4-17-9-11-8-16(10(2)3)13-7-5-6-12(15)14(11)13/h5-8,10H,4,9H2,1-3H3. The van der Waals surface area contributed by atoms with Gasteiger partial charge in [-0.15, -0.1) is 0 Å². The summed E-state index contributed by atoms with van der Waals surface area (Å²) in [6.07, 6.45) is 2.10. The zero-order valence-electron chi connectivity index (χ0n) is 10.5. The molecule has 92 valence electrons. The van der Waals surface area contributed by atoms with E-state index in [0.29, 0.717) is 6.04 Å². The van der Waals surface area contributed by atoms with Crippen molar-refractivity contribution in [1.82, 2.24) is 4.57 Å². The van der Waals surface area contributed by atoms with Crippen LogP contribution < -0.4 is 0 Å².